The molecule has 23 heavy (non-hydrogen) atoms. The van der Waals surface area contributed by atoms with E-state index in [1.165, 1.54) is 0 Å². The zero-order valence-corrected chi connectivity index (χ0v) is 14.2. The van der Waals surface area contributed by atoms with Crippen LogP contribution in [0.5, 0.6) is 0 Å². The van der Waals surface area contributed by atoms with Gasteiger partial charge in [-0.15, -0.1) is 0 Å². The van der Waals surface area contributed by atoms with Crippen LogP contribution in [0.2, 0.25) is 0 Å². The van der Waals surface area contributed by atoms with E-state index in [4.69, 9.17) is 0 Å². The van der Waals surface area contributed by atoms with Gasteiger partial charge in [-0.05, 0) is 25.2 Å². The number of likely N-dealkylation sites (tertiary alicyclic amines) is 1. The summed E-state index contributed by atoms with van der Waals surface area (Å²) >= 11 is 0. The Bertz CT molecular complexity index is 582. The molecule has 1 fully saturated rings. The summed E-state index contributed by atoms with van der Waals surface area (Å²) in [7, 11) is 0. The van der Waals surface area contributed by atoms with Crippen LogP contribution in [0.15, 0.2) is 6.20 Å². The van der Waals surface area contributed by atoms with Crippen molar-refractivity contribution in [2.24, 2.45) is 17.8 Å². The fraction of sp³-hybridized carbons (Fsp3) is 0.688. The topological polar surface area (TPSA) is 87.5 Å². The van der Waals surface area contributed by atoms with Crippen molar-refractivity contribution in [3.8, 4) is 0 Å². The lowest BCUT2D eigenvalue weighted by atomic mass is 9.91. The van der Waals surface area contributed by atoms with Gasteiger partial charge in [0.1, 0.15) is 0 Å². The number of aromatic nitrogens is 2. The van der Waals surface area contributed by atoms with Crippen LogP contribution >= 0.6 is 0 Å². The summed E-state index contributed by atoms with van der Waals surface area (Å²) in [5.74, 6) is -0.679. The Balaban J connectivity index is 2.04. The number of carboxylic acid groups (broad SMARTS) is 1. The average Bonchev–Trinajstić information content (AvgIpc) is 2.79. The number of piperidine rings is 1. The van der Waals surface area contributed by atoms with Crippen molar-refractivity contribution >= 4 is 17.7 Å². The molecular formula is C16H26N4O3. The van der Waals surface area contributed by atoms with Gasteiger partial charge in [0.05, 0.1) is 23.5 Å². The zero-order chi connectivity index (χ0) is 17.1. The number of hydrogen-bond acceptors (Lipinski definition) is 3. The summed E-state index contributed by atoms with van der Waals surface area (Å²) in [6, 6.07) is -0.255. The maximum Gasteiger partial charge on any atom is 0.321 e. The van der Waals surface area contributed by atoms with E-state index in [-0.39, 0.29) is 18.5 Å². The molecule has 2 atom stereocenters. The summed E-state index contributed by atoms with van der Waals surface area (Å²) in [5.41, 5.74) is 1.59. The molecule has 0 radical (unpaired) electrons. The van der Waals surface area contributed by atoms with Crippen LogP contribution in [-0.4, -0.2) is 44.9 Å². The van der Waals surface area contributed by atoms with Crippen LogP contribution < -0.4 is 5.32 Å². The summed E-state index contributed by atoms with van der Waals surface area (Å²) in [6.45, 7) is 9.75. The van der Waals surface area contributed by atoms with Gasteiger partial charge in [0.25, 0.3) is 0 Å². The maximum atomic E-state index is 12.4. The molecule has 2 unspecified atom stereocenters. The molecule has 0 aliphatic carbocycles. The first-order chi connectivity index (χ1) is 10.8. The van der Waals surface area contributed by atoms with Gasteiger partial charge < -0.3 is 15.3 Å². The van der Waals surface area contributed by atoms with Gasteiger partial charge in [-0.3, -0.25) is 9.48 Å². The Labute approximate surface area is 136 Å². The van der Waals surface area contributed by atoms with Gasteiger partial charge in [0.15, 0.2) is 0 Å². The van der Waals surface area contributed by atoms with Gasteiger partial charge in [0.2, 0.25) is 0 Å². The van der Waals surface area contributed by atoms with E-state index in [1.54, 1.807) is 11.1 Å². The molecule has 2 N–H and O–H groups in total. The Hall–Kier alpha value is -2.05. The van der Waals surface area contributed by atoms with E-state index < -0.39 is 11.9 Å². The van der Waals surface area contributed by atoms with Crippen molar-refractivity contribution in [1.82, 2.24) is 14.7 Å². The molecule has 128 valence electrons. The van der Waals surface area contributed by atoms with Crippen LogP contribution in [0, 0.1) is 24.7 Å². The van der Waals surface area contributed by atoms with E-state index in [1.807, 2.05) is 18.5 Å². The Kier molecular flexibility index (Phi) is 5.28. The number of hydrogen-bond donors (Lipinski definition) is 2. The van der Waals surface area contributed by atoms with Crippen LogP contribution in [0.1, 0.15) is 32.9 Å². The minimum absolute atomic E-state index is 0.181. The quantitative estimate of drug-likeness (QED) is 0.891. The summed E-state index contributed by atoms with van der Waals surface area (Å²) in [6.07, 6.45) is 2.27. The average molecular weight is 322 g/mol. The van der Waals surface area contributed by atoms with Gasteiger partial charge in [-0.2, -0.15) is 5.10 Å². The highest BCUT2D eigenvalue weighted by Crippen LogP contribution is 2.23. The lowest BCUT2D eigenvalue weighted by molar-refractivity contribution is -0.143. The molecule has 2 rings (SSSR count). The highest BCUT2D eigenvalue weighted by atomic mass is 16.4. The third kappa shape index (κ3) is 4.24. The van der Waals surface area contributed by atoms with Crippen LogP contribution in [0.3, 0.4) is 0 Å². The second-order valence-electron chi connectivity index (χ2n) is 6.93. The number of carbonyl (C=O) groups excluding carboxylic acids is 1. The molecule has 2 heterocycles. The number of urea groups is 1. The van der Waals surface area contributed by atoms with Crippen LogP contribution in [0.4, 0.5) is 10.5 Å². The first-order valence-corrected chi connectivity index (χ1v) is 8.09. The number of rotatable bonds is 4. The third-order valence-electron chi connectivity index (χ3n) is 4.18. The second-order valence-corrected chi connectivity index (χ2v) is 6.93. The van der Waals surface area contributed by atoms with Crippen molar-refractivity contribution in [3.05, 3.63) is 11.9 Å². The Morgan fingerprint density at radius 3 is 2.74 bits per heavy atom. The number of carboxylic acids is 1. The Morgan fingerprint density at radius 2 is 2.13 bits per heavy atom. The molecule has 1 aliphatic rings. The highest BCUT2D eigenvalue weighted by Gasteiger charge is 2.32. The van der Waals surface area contributed by atoms with E-state index >= 15 is 0 Å². The summed E-state index contributed by atoms with van der Waals surface area (Å²) < 4.78 is 1.87. The van der Waals surface area contributed by atoms with E-state index in [9.17, 15) is 14.7 Å². The van der Waals surface area contributed by atoms with Gasteiger partial charge in [0, 0.05) is 19.6 Å². The number of aliphatic carboxylic acids is 1. The molecule has 1 aromatic heterocycles. The fourth-order valence-corrected chi connectivity index (χ4v) is 2.99. The molecule has 1 aliphatic heterocycles. The van der Waals surface area contributed by atoms with Crippen molar-refractivity contribution < 1.29 is 14.7 Å². The SMILES string of the molecule is Cc1c(NC(=O)N2CC(C)CC(C(=O)O)C2)cnn1CC(C)C. The molecular weight excluding hydrogens is 296 g/mol. The smallest absolute Gasteiger partial charge is 0.321 e. The fourth-order valence-electron chi connectivity index (χ4n) is 2.99. The standard InChI is InChI=1S/C16H26N4O3/c1-10(2)7-20-12(4)14(6-17-20)18-16(23)19-8-11(3)5-13(9-19)15(21)22/h6,10-11,13H,5,7-9H2,1-4H3,(H,18,23)(H,21,22). The second kappa shape index (κ2) is 7.02. The molecule has 7 nitrogen and oxygen atoms in total. The van der Waals surface area contributed by atoms with Crippen molar-refractivity contribution in [2.75, 3.05) is 18.4 Å². The number of nitrogens with one attached hydrogen (secondary N) is 1. The first-order valence-electron chi connectivity index (χ1n) is 8.09. The molecule has 1 saturated heterocycles. The van der Waals surface area contributed by atoms with Gasteiger partial charge >= 0.3 is 12.0 Å². The predicted molar refractivity (Wildman–Crippen MR) is 87.3 cm³/mol. The minimum Gasteiger partial charge on any atom is -0.481 e. The lowest BCUT2D eigenvalue weighted by Crippen LogP contribution is -2.47. The maximum absolute atomic E-state index is 12.4. The molecule has 0 aromatic carbocycles. The normalized spacial score (nSPS) is 21.5. The van der Waals surface area contributed by atoms with Crippen molar-refractivity contribution in [3.63, 3.8) is 0 Å². The van der Waals surface area contributed by atoms with E-state index in [2.05, 4.69) is 24.3 Å². The number of anilines is 1. The van der Waals surface area contributed by atoms with Crippen LogP contribution in [0.25, 0.3) is 0 Å². The highest BCUT2D eigenvalue weighted by molar-refractivity contribution is 5.90. The molecule has 0 saturated carbocycles. The molecule has 0 spiro atoms. The molecule has 2 amide bonds. The van der Waals surface area contributed by atoms with Gasteiger partial charge in [-0.1, -0.05) is 20.8 Å². The largest absolute Gasteiger partial charge is 0.481 e. The first kappa shape index (κ1) is 17.3. The number of carbonyl (C=O) groups is 2. The summed E-state index contributed by atoms with van der Waals surface area (Å²) in [4.78, 5) is 25.3. The Morgan fingerprint density at radius 1 is 1.43 bits per heavy atom. The molecule has 1 aromatic rings. The monoisotopic (exact) mass is 322 g/mol. The zero-order valence-electron chi connectivity index (χ0n) is 14.2. The van der Waals surface area contributed by atoms with E-state index in [0.717, 1.165) is 12.2 Å². The summed E-state index contributed by atoms with van der Waals surface area (Å²) in [5, 5.41) is 16.4. The lowest BCUT2D eigenvalue weighted by Gasteiger charge is -2.34. The minimum atomic E-state index is -0.838. The number of amides is 2. The van der Waals surface area contributed by atoms with Crippen molar-refractivity contribution in [2.45, 2.75) is 40.7 Å². The predicted octanol–water partition coefficient (Wildman–Crippen LogP) is 2.42. The third-order valence-corrected chi connectivity index (χ3v) is 4.18. The number of nitrogens with zero attached hydrogens (tertiary/aromatic N) is 3. The molecule has 0 bridgehead atoms. The van der Waals surface area contributed by atoms with Crippen LogP contribution in [-0.2, 0) is 11.3 Å². The van der Waals surface area contributed by atoms with Crippen molar-refractivity contribution in [1.29, 1.82) is 0 Å². The molecule has 7 heteroatoms. The van der Waals surface area contributed by atoms with E-state index in [0.29, 0.717) is 24.6 Å². The van der Waals surface area contributed by atoms with Gasteiger partial charge in [-0.25, -0.2) is 4.79 Å².